The molecule has 0 N–H and O–H groups in total. The zero-order chi connectivity index (χ0) is 12.4. The van der Waals surface area contributed by atoms with Gasteiger partial charge in [0.05, 0.1) is 17.6 Å². The summed E-state index contributed by atoms with van der Waals surface area (Å²) in [7, 11) is 0. The van der Waals surface area contributed by atoms with E-state index in [1.165, 1.54) is 17.5 Å². The van der Waals surface area contributed by atoms with Gasteiger partial charge in [0.25, 0.3) is 0 Å². The van der Waals surface area contributed by atoms with Gasteiger partial charge in [-0.15, -0.1) is 11.3 Å². The molecule has 2 aromatic rings. The van der Waals surface area contributed by atoms with Crippen LogP contribution in [0, 0.1) is 6.92 Å². The molecule has 0 spiro atoms. The van der Waals surface area contributed by atoms with Crippen LogP contribution in [0.25, 0.3) is 0 Å². The second-order valence-electron chi connectivity index (χ2n) is 3.64. The van der Waals surface area contributed by atoms with Crippen molar-refractivity contribution in [3.05, 3.63) is 33.0 Å². The van der Waals surface area contributed by atoms with Crippen molar-refractivity contribution in [1.82, 2.24) is 14.8 Å². The predicted molar refractivity (Wildman–Crippen MR) is 67.8 cm³/mol. The molecule has 0 amide bonds. The van der Waals surface area contributed by atoms with Crippen LogP contribution in [0.3, 0.4) is 0 Å². The van der Waals surface area contributed by atoms with Gasteiger partial charge in [-0.25, -0.2) is 4.98 Å². The minimum atomic E-state index is -0.0382. The van der Waals surface area contributed by atoms with Gasteiger partial charge in [-0.1, -0.05) is 11.6 Å². The highest BCUT2D eigenvalue weighted by molar-refractivity contribution is 7.09. The Labute approximate surface area is 108 Å². The first-order valence-electron chi connectivity index (χ1n) is 5.27. The molecule has 6 heteroatoms. The van der Waals surface area contributed by atoms with Crippen LogP contribution in [0.15, 0.2) is 11.6 Å². The summed E-state index contributed by atoms with van der Waals surface area (Å²) in [4.78, 5) is 16.4. The Hall–Kier alpha value is -1.20. The van der Waals surface area contributed by atoms with E-state index in [1.54, 1.807) is 4.68 Å². The van der Waals surface area contributed by atoms with Gasteiger partial charge in [-0.2, -0.15) is 5.10 Å². The van der Waals surface area contributed by atoms with E-state index in [2.05, 4.69) is 10.1 Å². The molecule has 0 aromatic carbocycles. The van der Waals surface area contributed by atoms with Crippen LogP contribution >= 0.6 is 22.9 Å². The normalized spacial score (nSPS) is 10.8. The lowest BCUT2D eigenvalue weighted by Crippen LogP contribution is -2.12. The van der Waals surface area contributed by atoms with Gasteiger partial charge in [0, 0.05) is 17.6 Å². The number of carbonyl (C=O) groups excluding carboxylic acids is 1. The molecule has 0 radical (unpaired) electrons. The van der Waals surface area contributed by atoms with Crippen LogP contribution in [-0.4, -0.2) is 20.5 Å². The molecule has 17 heavy (non-hydrogen) atoms. The van der Waals surface area contributed by atoms with E-state index in [4.69, 9.17) is 11.6 Å². The Morgan fingerprint density at radius 2 is 2.35 bits per heavy atom. The molecule has 0 unspecified atom stereocenters. The highest BCUT2D eigenvalue weighted by Gasteiger charge is 2.18. The van der Waals surface area contributed by atoms with Gasteiger partial charge >= 0.3 is 0 Å². The third-order valence-corrected chi connectivity index (χ3v) is 3.58. The lowest BCUT2D eigenvalue weighted by molar-refractivity contribution is 0.0983. The molecule has 0 aliphatic rings. The van der Waals surface area contributed by atoms with Crippen molar-refractivity contribution < 1.29 is 4.79 Å². The average Bonchev–Trinajstić information content (AvgIpc) is 2.84. The van der Waals surface area contributed by atoms with E-state index in [0.717, 1.165) is 10.7 Å². The Balaban J connectivity index is 2.22. The van der Waals surface area contributed by atoms with E-state index < -0.39 is 0 Å². The Kier molecular flexibility index (Phi) is 3.59. The number of aromatic nitrogens is 3. The fraction of sp³-hybridized carbons (Fsp3) is 0.364. The zero-order valence-electron chi connectivity index (χ0n) is 9.61. The largest absolute Gasteiger partial charge is 0.292 e. The molecule has 2 aromatic heterocycles. The smallest absolute Gasteiger partial charge is 0.189 e. The number of hydrogen-bond donors (Lipinski definition) is 0. The second-order valence-corrected chi connectivity index (χ2v) is 4.99. The van der Waals surface area contributed by atoms with Gasteiger partial charge in [-0.05, 0) is 13.8 Å². The first-order valence-corrected chi connectivity index (χ1v) is 6.53. The molecule has 2 heterocycles. The molecule has 2 rings (SSSR count). The van der Waals surface area contributed by atoms with E-state index in [1.807, 2.05) is 19.2 Å². The van der Waals surface area contributed by atoms with E-state index in [9.17, 15) is 4.79 Å². The molecular weight excluding hydrogens is 258 g/mol. The highest BCUT2D eigenvalue weighted by Crippen LogP contribution is 2.19. The Bertz CT molecular complexity index is 547. The fourth-order valence-corrected chi connectivity index (χ4v) is 2.60. The van der Waals surface area contributed by atoms with Gasteiger partial charge in [-0.3, -0.25) is 9.48 Å². The van der Waals surface area contributed by atoms with Gasteiger partial charge in [0.15, 0.2) is 5.78 Å². The lowest BCUT2D eigenvalue weighted by atomic mass is 10.2. The van der Waals surface area contributed by atoms with Gasteiger partial charge in [0.1, 0.15) is 10.7 Å². The molecular formula is C11H12ClN3OS. The third kappa shape index (κ3) is 2.56. The summed E-state index contributed by atoms with van der Waals surface area (Å²) in [6, 6.07) is 0. The summed E-state index contributed by atoms with van der Waals surface area (Å²) >= 11 is 7.46. The van der Waals surface area contributed by atoms with Crippen molar-refractivity contribution in [2.24, 2.45) is 0 Å². The first-order chi connectivity index (χ1) is 8.11. The minimum Gasteiger partial charge on any atom is -0.292 e. The van der Waals surface area contributed by atoms with Gasteiger partial charge < -0.3 is 0 Å². The van der Waals surface area contributed by atoms with Crippen molar-refractivity contribution >= 4 is 28.7 Å². The SMILES string of the molecule is CCn1ncc(Cl)c1C(=O)Cc1nc(C)cs1. The third-order valence-electron chi connectivity index (χ3n) is 2.34. The molecule has 90 valence electrons. The fourth-order valence-electron chi connectivity index (χ4n) is 1.58. The monoisotopic (exact) mass is 269 g/mol. The van der Waals surface area contributed by atoms with Crippen LogP contribution in [0.5, 0.6) is 0 Å². The van der Waals surface area contributed by atoms with Gasteiger partial charge in [0.2, 0.25) is 0 Å². The zero-order valence-corrected chi connectivity index (χ0v) is 11.2. The summed E-state index contributed by atoms with van der Waals surface area (Å²) in [6.45, 7) is 4.46. The molecule has 4 nitrogen and oxygen atoms in total. The molecule has 0 saturated carbocycles. The summed E-state index contributed by atoms with van der Waals surface area (Å²) in [5.41, 5.74) is 1.41. The number of halogens is 1. The summed E-state index contributed by atoms with van der Waals surface area (Å²) in [5.74, 6) is -0.0382. The molecule has 0 saturated heterocycles. The number of thiazole rings is 1. The van der Waals surface area contributed by atoms with E-state index in [-0.39, 0.29) is 12.2 Å². The molecule has 0 atom stereocenters. The number of hydrogen-bond acceptors (Lipinski definition) is 4. The van der Waals surface area contributed by atoms with Crippen LogP contribution in [0.2, 0.25) is 5.02 Å². The van der Waals surface area contributed by atoms with Crippen molar-refractivity contribution in [3.63, 3.8) is 0 Å². The van der Waals surface area contributed by atoms with Crippen LogP contribution < -0.4 is 0 Å². The quantitative estimate of drug-likeness (QED) is 0.802. The first kappa shape index (κ1) is 12.3. The molecule has 0 aliphatic heterocycles. The molecule has 0 aliphatic carbocycles. The number of carbonyl (C=O) groups is 1. The van der Waals surface area contributed by atoms with Crippen LogP contribution in [0.1, 0.15) is 28.1 Å². The van der Waals surface area contributed by atoms with Crippen molar-refractivity contribution in [1.29, 1.82) is 0 Å². The van der Waals surface area contributed by atoms with Crippen molar-refractivity contribution in [2.45, 2.75) is 26.8 Å². The maximum absolute atomic E-state index is 12.1. The highest BCUT2D eigenvalue weighted by atomic mass is 35.5. The van der Waals surface area contributed by atoms with Crippen LogP contribution in [0.4, 0.5) is 0 Å². The topological polar surface area (TPSA) is 47.8 Å². The second kappa shape index (κ2) is 4.98. The minimum absolute atomic E-state index is 0.0382. The number of ketones is 1. The summed E-state index contributed by atoms with van der Waals surface area (Å²) < 4.78 is 1.62. The summed E-state index contributed by atoms with van der Waals surface area (Å²) in [6.07, 6.45) is 1.79. The Morgan fingerprint density at radius 1 is 1.59 bits per heavy atom. The maximum atomic E-state index is 12.1. The predicted octanol–water partition coefficient (Wildman–Crippen LogP) is 2.75. The number of nitrogens with zero attached hydrogens (tertiary/aromatic N) is 3. The number of rotatable bonds is 4. The average molecular weight is 270 g/mol. The Morgan fingerprint density at radius 3 is 2.94 bits per heavy atom. The number of Topliss-reactive ketones (excluding diaryl/α,β-unsaturated/α-hetero) is 1. The lowest BCUT2D eigenvalue weighted by Gasteiger charge is -2.03. The number of aryl methyl sites for hydroxylation is 2. The van der Waals surface area contributed by atoms with Crippen molar-refractivity contribution in [3.8, 4) is 0 Å². The van der Waals surface area contributed by atoms with Crippen molar-refractivity contribution in [2.75, 3.05) is 0 Å². The summed E-state index contributed by atoms with van der Waals surface area (Å²) in [5, 5.41) is 7.20. The van der Waals surface area contributed by atoms with E-state index in [0.29, 0.717) is 17.3 Å². The molecule has 0 fully saturated rings. The molecule has 0 bridgehead atoms. The standard InChI is InChI=1S/C11H12ClN3OS/c1-3-15-11(8(12)5-13-15)9(16)4-10-14-7(2)6-17-10/h5-6H,3-4H2,1-2H3. The van der Waals surface area contributed by atoms with Crippen LogP contribution in [-0.2, 0) is 13.0 Å². The van der Waals surface area contributed by atoms with E-state index >= 15 is 0 Å². The maximum Gasteiger partial charge on any atom is 0.189 e.